The van der Waals surface area contributed by atoms with Crippen LogP contribution in [0.25, 0.3) is 10.8 Å². The van der Waals surface area contributed by atoms with E-state index in [4.69, 9.17) is 0 Å². The lowest BCUT2D eigenvalue weighted by molar-refractivity contribution is -0.122. The van der Waals surface area contributed by atoms with Gasteiger partial charge in [0.05, 0.1) is 12.2 Å². The van der Waals surface area contributed by atoms with Crippen molar-refractivity contribution in [1.29, 1.82) is 0 Å². The number of rotatable bonds is 8. The van der Waals surface area contributed by atoms with Crippen LogP contribution in [0, 0.1) is 0 Å². The molecule has 7 nitrogen and oxygen atoms in total. The van der Waals surface area contributed by atoms with E-state index in [0.29, 0.717) is 31.9 Å². The Morgan fingerprint density at radius 1 is 1.23 bits per heavy atom. The van der Waals surface area contributed by atoms with Gasteiger partial charge in [-0.25, -0.2) is 15.0 Å². The maximum Gasteiger partial charge on any atom is 0.234 e. The van der Waals surface area contributed by atoms with E-state index in [-0.39, 0.29) is 5.91 Å². The summed E-state index contributed by atoms with van der Waals surface area (Å²) < 4.78 is 0. The number of amides is 1. The van der Waals surface area contributed by atoms with Crippen LogP contribution < -0.4 is 5.32 Å². The Kier molecular flexibility index (Phi) is 6.34. The number of hydrogen-bond acceptors (Lipinski definition) is 7. The average Bonchev–Trinajstić information content (AvgIpc) is 3.12. The van der Waals surface area contributed by atoms with E-state index in [1.807, 2.05) is 35.7 Å². The fourth-order valence-electron chi connectivity index (χ4n) is 2.42. The summed E-state index contributed by atoms with van der Waals surface area (Å²) in [6.07, 6.45) is 7.63. The molecule has 0 spiro atoms. The van der Waals surface area contributed by atoms with Crippen molar-refractivity contribution in [3.63, 3.8) is 0 Å². The second kappa shape index (κ2) is 9.12. The molecule has 0 bridgehead atoms. The van der Waals surface area contributed by atoms with Gasteiger partial charge in [-0.05, 0) is 24.7 Å². The first-order valence-corrected chi connectivity index (χ1v) is 9.14. The van der Waals surface area contributed by atoms with Gasteiger partial charge < -0.3 is 5.32 Å². The molecule has 0 unspecified atom stereocenters. The molecule has 1 amide bonds. The zero-order chi connectivity index (χ0) is 18.2. The van der Waals surface area contributed by atoms with Gasteiger partial charge in [-0.2, -0.15) is 0 Å². The predicted molar refractivity (Wildman–Crippen MR) is 100 cm³/mol. The molecule has 3 aromatic rings. The van der Waals surface area contributed by atoms with Crippen molar-refractivity contribution in [3.8, 4) is 10.8 Å². The molecule has 0 saturated carbocycles. The van der Waals surface area contributed by atoms with Crippen molar-refractivity contribution in [2.45, 2.75) is 13.0 Å². The zero-order valence-corrected chi connectivity index (χ0v) is 15.3. The first-order chi connectivity index (χ1) is 12.7. The van der Waals surface area contributed by atoms with Crippen LogP contribution in [0.5, 0.6) is 0 Å². The van der Waals surface area contributed by atoms with Crippen molar-refractivity contribution in [2.75, 3.05) is 20.1 Å². The molecule has 3 rings (SSSR count). The van der Waals surface area contributed by atoms with Crippen molar-refractivity contribution in [1.82, 2.24) is 30.2 Å². The van der Waals surface area contributed by atoms with Gasteiger partial charge in [0.2, 0.25) is 5.91 Å². The summed E-state index contributed by atoms with van der Waals surface area (Å²) in [5.41, 5.74) is 2.02. The fraction of sp³-hybridized carbons (Fsp3) is 0.278. The third kappa shape index (κ3) is 5.40. The lowest BCUT2D eigenvalue weighted by Gasteiger charge is -2.15. The standard InChI is InChI=1S/C18H20N6OS/c1-24(11-14-4-2-6-19-10-14)12-16(25)20-9-5-15-13-26-18(23-15)17-21-7-3-8-22-17/h2-4,6-8,10,13H,5,9,11-12H2,1H3,(H,20,25). The summed E-state index contributed by atoms with van der Waals surface area (Å²) in [5.74, 6) is 0.628. The number of hydrogen-bond donors (Lipinski definition) is 1. The van der Waals surface area contributed by atoms with E-state index in [9.17, 15) is 4.79 Å². The van der Waals surface area contributed by atoms with E-state index >= 15 is 0 Å². The normalized spacial score (nSPS) is 10.8. The number of pyridine rings is 1. The van der Waals surface area contributed by atoms with Crippen LogP contribution in [0.1, 0.15) is 11.3 Å². The molecule has 0 aliphatic carbocycles. The molecule has 0 aromatic carbocycles. The SMILES string of the molecule is CN(CC(=O)NCCc1csc(-c2ncccn2)n1)Cc1cccnc1. The summed E-state index contributed by atoms with van der Waals surface area (Å²) >= 11 is 1.51. The third-order valence-electron chi connectivity index (χ3n) is 3.60. The smallest absolute Gasteiger partial charge is 0.234 e. The third-order valence-corrected chi connectivity index (χ3v) is 4.49. The number of thiazole rings is 1. The predicted octanol–water partition coefficient (Wildman–Crippen LogP) is 1.79. The Balaban J connectivity index is 1.40. The molecule has 1 N–H and O–H groups in total. The van der Waals surface area contributed by atoms with Crippen LogP contribution in [-0.2, 0) is 17.8 Å². The molecule has 3 aromatic heterocycles. The van der Waals surface area contributed by atoms with Crippen molar-refractivity contribution in [3.05, 3.63) is 59.6 Å². The summed E-state index contributed by atoms with van der Waals surface area (Å²) in [4.78, 5) is 31.0. The van der Waals surface area contributed by atoms with Crippen LogP contribution in [0.15, 0.2) is 48.4 Å². The Morgan fingerprint density at radius 3 is 2.85 bits per heavy atom. The number of nitrogens with zero attached hydrogens (tertiary/aromatic N) is 5. The highest BCUT2D eigenvalue weighted by Crippen LogP contribution is 2.19. The lowest BCUT2D eigenvalue weighted by atomic mass is 10.2. The molecule has 26 heavy (non-hydrogen) atoms. The van der Waals surface area contributed by atoms with E-state index in [1.54, 1.807) is 24.7 Å². The monoisotopic (exact) mass is 368 g/mol. The minimum absolute atomic E-state index is 0.00163. The second-order valence-electron chi connectivity index (χ2n) is 5.85. The number of likely N-dealkylation sites (N-methyl/N-ethyl adjacent to an activating group) is 1. The molecule has 0 radical (unpaired) electrons. The average molecular weight is 368 g/mol. The summed E-state index contributed by atoms with van der Waals surface area (Å²) in [6.45, 7) is 1.58. The van der Waals surface area contributed by atoms with Gasteiger partial charge in [-0.15, -0.1) is 11.3 Å². The van der Waals surface area contributed by atoms with Crippen LogP contribution in [0.3, 0.4) is 0 Å². The first kappa shape index (κ1) is 18.1. The lowest BCUT2D eigenvalue weighted by Crippen LogP contribution is -2.35. The van der Waals surface area contributed by atoms with Gasteiger partial charge in [0.25, 0.3) is 0 Å². The molecule has 3 heterocycles. The molecule has 8 heteroatoms. The highest BCUT2D eigenvalue weighted by molar-refractivity contribution is 7.13. The minimum atomic E-state index is -0.00163. The van der Waals surface area contributed by atoms with Gasteiger partial charge in [-0.3, -0.25) is 14.7 Å². The Bertz CT molecular complexity index is 824. The van der Waals surface area contributed by atoms with Gasteiger partial charge in [0.1, 0.15) is 0 Å². The fourth-order valence-corrected chi connectivity index (χ4v) is 3.22. The number of nitrogens with one attached hydrogen (secondary N) is 1. The molecule has 0 saturated heterocycles. The van der Waals surface area contributed by atoms with Crippen molar-refractivity contribution in [2.24, 2.45) is 0 Å². The summed E-state index contributed by atoms with van der Waals surface area (Å²) in [6, 6.07) is 5.67. The maximum absolute atomic E-state index is 12.1. The zero-order valence-electron chi connectivity index (χ0n) is 14.5. The molecular formula is C18H20N6OS. The summed E-state index contributed by atoms with van der Waals surface area (Å²) in [7, 11) is 1.92. The number of aromatic nitrogens is 4. The quantitative estimate of drug-likeness (QED) is 0.653. The van der Waals surface area contributed by atoms with Crippen LogP contribution in [0.2, 0.25) is 0 Å². The van der Waals surface area contributed by atoms with Crippen molar-refractivity contribution < 1.29 is 4.79 Å². The van der Waals surface area contributed by atoms with Gasteiger partial charge in [0, 0.05) is 49.7 Å². The van der Waals surface area contributed by atoms with E-state index in [2.05, 4.69) is 25.3 Å². The van der Waals surface area contributed by atoms with Gasteiger partial charge in [-0.1, -0.05) is 6.07 Å². The number of carbonyl (C=O) groups is 1. The van der Waals surface area contributed by atoms with Crippen LogP contribution in [-0.4, -0.2) is 50.9 Å². The molecular weight excluding hydrogens is 348 g/mol. The largest absolute Gasteiger partial charge is 0.355 e. The van der Waals surface area contributed by atoms with E-state index in [0.717, 1.165) is 16.3 Å². The highest BCUT2D eigenvalue weighted by Gasteiger charge is 2.09. The highest BCUT2D eigenvalue weighted by atomic mass is 32.1. The van der Waals surface area contributed by atoms with E-state index in [1.165, 1.54) is 11.3 Å². The molecule has 0 atom stereocenters. The second-order valence-corrected chi connectivity index (χ2v) is 6.71. The van der Waals surface area contributed by atoms with E-state index < -0.39 is 0 Å². The van der Waals surface area contributed by atoms with Crippen LogP contribution >= 0.6 is 11.3 Å². The minimum Gasteiger partial charge on any atom is -0.355 e. The maximum atomic E-state index is 12.1. The summed E-state index contributed by atoms with van der Waals surface area (Å²) in [5, 5.41) is 5.71. The molecule has 0 aliphatic rings. The Morgan fingerprint density at radius 2 is 2.08 bits per heavy atom. The Labute approximate surface area is 156 Å². The Hall–Kier alpha value is -2.71. The number of carbonyl (C=O) groups excluding carboxylic acids is 1. The van der Waals surface area contributed by atoms with Crippen LogP contribution in [0.4, 0.5) is 0 Å². The van der Waals surface area contributed by atoms with Gasteiger partial charge in [0.15, 0.2) is 10.8 Å². The topological polar surface area (TPSA) is 83.9 Å². The molecule has 0 fully saturated rings. The van der Waals surface area contributed by atoms with Crippen molar-refractivity contribution >= 4 is 17.2 Å². The van der Waals surface area contributed by atoms with Gasteiger partial charge >= 0.3 is 0 Å². The molecule has 0 aliphatic heterocycles. The first-order valence-electron chi connectivity index (χ1n) is 8.26. The molecule has 134 valence electrons.